The fraction of sp³-hybridized carbons (Fsp3) is 0.214. The van der Waals surface area contributed by atoms with E-state index < -0.39 is 0 Å². The number of rotatable bonds is 11. The van der Waals surface area contributed by atoms with E-state index in [2.05, 4.69) is 139 Å². The molecule has 0 radical (unpaired) electrons. The van der Waals surface area contributed by atoms with Crippen LogP contribution in [0.25, 0.3) is 33.9 Å². The van der Waals surface area contributed by atoms with Crippen LogP contribution in [-0.4, -0.2) is 37.5 Å². The van der Waals surface area contributed by atoms with Crippen LogP contribution in [-0.2, 0) is 0 Å². The van der Waals surface area contributed by atoms with Gasteiger partial charge >= 0.3 is 0 Å². The number of carbonyl (C=O) groups is 1. The molecule has 6 aromatic carbocycles. The van der Waals surface area contributed by atoms with E-state index in [4.69, 9.17) is 15.8 Å². The molecule has 0 atom stereocenters. The third-order valence-electron chi connectivity index (χ3n) is 10.8. The molecule has 328 valence electrons. The van der Waals surface area contributed by atoms with Gasteiger partial charge in [-0.3, -0.25) is 9.79 Å². The molecule has 0 saturated heterocycles. The average Bonchev–Trinajstić information content (AvgIpc) is 3.95. The molecule has 8 heteroatoms. The third-order valence-corrected chi connectivity index (χ3v) is 10.8. The van der Waals surface area contributed by atoms with Crippen molar-refractivity contribution in [3.05, 3.63) is 203 Å². The number of aldehydes is 1. The van der Waals surface area contributed by atoms with E-state index in [1.165, 1.54) is 22.3 Å². The van der Waals surface area contributed by atoms with Crippen LogP contribution in [0.4, 0.5) is 11.4 Å². The smallest absolute Gasteiger partial charge is 0.170 e. The van der Waals surface area contributed by atoms with Gasteiger partial charge in [-0.25, -0.2) is 9.36 Å². The van der Waals surface area contributed by atoms with E-state index in [9.17, 15) is 4.79 Å². The first-order valence-corrected chi connectivity index (χ1v) is 21.9. The zero-order valence-electron chi connectivity index (χ0n) is 38.4. The van der Waals surface area contributed by atoms with Crippen LogP contribution in [0.15, 0.2) is 175 Å². The van der Waals surface area contributed by atoms with Gasteiger partial charge in [-0.2, -0.15) is 10.2 Å². The SMILES string of the molecule is CC(C)c1cccc(C(C)C)c1N.CC(C)c1cccc(C(C)C)c1N=Cc1cc(-c2ccccc2)n(-c2ccccc2)n1.O.O=Cc1cc(-c2ccccc2)n(-c2ccccc2)n1. The van der Waals surface area contributed by atoms with E-state index in [0.717, 1.165) is 57.2 Å². The molecule has 0 aliphatic rings. The quantitative estimate of drug-likeness (QED) is 0.0791. The van der Waals surface area contributed by atoms with Crippen molar-refractivity contribution < 1.29 is 10.3 Å². The largest absolute Gasteiger partial charge is 0.412 e. The number of para-hydroxylation sites is 4. The molecule has 0 fully saturated rings. The lowest BCUT2D eigenvalue weighted by Crippen LogP contribution is -2.02. The molecule has 2 heterocycles. The number of anilines is 1. The van der Waals surface area contributed by atoms with E-state index in [1.54, 1.807) is 10.7 Å². The van der Waals surface area contributed by atoms with Crippen molar-refractivity contribution in [1.29, 1.82) is 0 Å². The lowest BCUT2D eigenvalue weighted by atomic mass is 9.93. The van der Waals surface area contributed by atoms with Crippen LogP contribution in [0.5, 0.6) is 0 Å². The Morgan fingerprint density at radius 3 is 1.19 bits per heavy atom. The monoisotopic (exact) mass is 850 g/mol. The molecule has 0 saturated carbocycles. The average molecular weight is 851 g/mol. The summed E-state index contributed by atoms with van der Waals surface area (Å²) in [4.78, 5) is 15.9. The zero-order valence-corrected chi connectivity index (χ0v) is 38.4. The summed E-state index contributed by atoms with van der Waals surface area (Å²) in [5.41, 5.74) is 20.6. The Balaban J connectivity index is 0.000000199. The molecule has 8 nitrogen and oxygen atoms in total. The highest BCUT2D eigenvalue weighted by molar-refractivity contribution is 5.83. The van der Waals surface area contributed by atoms with Crippen molar-refractivity contribution in [2.45, 2.75) is 79.1 Å². The molecule has 0 bridgehead atoms. The van der Waals surface area contributed by atoms with E-state index in [1.807, 2.05) is 95.8 Å². The number of hydrogen-bond donors (Lipinski definition) is 1. The van der Waals surface area contributed by atoms with E-state index >= 15 is 0 Å². The fourth-order valence-electron chi connectivity index (χ4n) is 7.48. The van der Waals surface area contributed by atoms with Crippen LogP contribution in [0.3, 0.4) is 0 Å². The Hall–Kier alpha value is -7.16. The first kappa shape index (κ1) is 47.9. The maximum Gasteiger partial charge on any atom is 0.170 e. The molecule has 4 N–H and O–H groups in total. The van der Waals surface area contributed by atoms with Crippen molar-refractivity contribution >= 4 is 23.9 Å². The number of aliphatic imine (C=N–C) groups is 1. The van der Waals surface area contributed by atoms with Gasteiger partial charge < -0.3 is 11.2 Å². The minimum atomic E-state index is 0. The number of nitrogens with zero attached hydrogens (tertiary/aromatic N) is 5. The lowest BCUT2D eigenvalue weighted by Gasteiger charge is -2.16. The normalized spacial score (nSPS) is 11.0. The molecular formula is C56H62N6O2. The van der Waals surface area contributed by atoms with E-state index in [-0.39, 0.29) is 5.48 Å². The van der Waals surface area contributed by atoms with Crippen molar-refractivity contribution in [3.63, 3.8) is 0 Å². The predicted molar refractivity (Wildman–Crippen MR) is 268 cm³/mol. The van der Waals surface area contributed by atoms with Gasteiger partial charge in [0.05, 0.1) is 34.7 Å². The molecule has 2 aromatic heterocycles. The summed E-state index contributed by atoms with van der Waals surface area (Å²) in [6.45, 7) is 17.6. The predicted octanol–water partition coefficient (Wildman–Crippen LogP) is 13.6. The Labute approximate surface area is 379 Å². The van der Waals surface area contributed by atoms with Gasteiger partial charge in [-0.05, 0) is 82.3 Å². The van der Waals surface area contributed by atoms with Crippen molar-refractivity contribution in [3.8, 4) is 33.9 Å². The number of aromatic nitrogens is 4. The van der Waals surface area contributed by atoms with Crippen LogP contribution in [0.2, 0.25) is 0 Å². The second-order valence-electron chi connectivity index (χ2n) is 16.8. The summed E-state index contributed by atoms with van der Waals surface area (Å²) in [6, 6.07) is 57.1. The molecule has 0 unspecified atom stereocenters. The Morgan fingerprint density at radius 2 is 0.812 bits per heavy atom. The van der Waals surface area contributed by atoms with Crippen LogP contribution < -0.4 is 5.73 Å². The van der Waals surface area contributed by atoms with Crippen LogP contribution in [0.1, 0.15) is 117 Å². The highest BCUT2D eigenvalue weighted by atomic mass is 16.1. The number of nitrogen functional groups attached to an aromatic ring is 1. The Bertz CT molecular complexity index is 2530. The second kappa shape index (κ2) is 22.8. The first-order chi connectivity index (χ1) is 30.5. The highest BCUT2D eigenvalue weighted by Crippen LogP contribution is 2.35. The number of nitrogens with two attached hydrogens (primary N) is 1. The minimum absolute atomic E-state index is 0. The molecule has 0 aliphatic carbocycles. The molecule has 64 heavy (non-hydrogen) atoms. The third kappa shape index (κ3) is 11.8. The van der Waals surface area contributed by atoms with Gasteiger partial charge in [0.25, 0.3) is 0 Å². The van der Waals surface area contributed by atoms with Crippen LogP contribution in [0, 0.1) is 0 Å². The molecular weight excluding hydrogens is 789 g/mol. The summed E-state index contributed by atoms with van der Waals surface area (Å²) < 4.78 is 3.79. The van der Waals surface area contributed by atoms with Gasteiger partial charge in [0.15, 0.2) is 6.29 Å². The van der Waals surface area contributed by atoms with Gasteiger partial charge in [0.2, 0.25) is 0 Å². The molecule has 8 aromatic rings. The summed E-state index contributed by atoms with van der Waals surface area (Å²) in [7, 11) is 0. The standard InChI is InChI=1S/C28H29N3.C16H12N2O.C12H19N.H2O/c1-20(2)25-16-11-17-26(21(3)4)28(25)29-19-23-18-27(22-12-7-5-8-13-22)31(30-23)24-14-9-6-10-15-24;19-12-14-11-16(13-7-3-1-4-8-13)18(17-14)15-9-5-2-6-10-15;1-8(2)10-6-5-7-11(9(3)4)12(10)13;/h5-21H,1-4H3;1-12H;5-9H,13H2,1-4H3;1H2. The summed E-state index contributed by atoms with van der Waals surface area (Å²) >= 11 is 0. The van der Waals surface area contributed by atoms with Gasteiger partial charge in [0, 0.05) is 16.8 Å². The fourth-order valence-corrected chi connectivity index (χ4v) is 7.48. The van der Waals surface area contributed by atoms with Crippen molar-refractivity contribution in [2.24, 2.45) is 4.99 Å². The minimum Gasteiger partial charge on any atom is -0.412 e. The second-order valence-corrected chi connectivity index (χ2v) is 16.8. The van der Waals surface area contributed by atoms with Gasteiger partial charge in [-0.1, -0.05) is 189 Å². The van der Waals surface area contributed by atoms with Gasteiger partial charge in [0.1, 0.15) is 11.4 Å². The maximum atomic E-state index is 11.0. The summed E-state index contributed by atoms with van der Waals surface area (Å²) in [6.07, 6.45) is 2.67. The summed E-state index contributed by atoms with van der Waals surface area (Å²) in [5.74, 6) is 1.85. The number of hydrogen-bond acceptors (Lipinski definition) is 5. The molecule has 8 rings (SSSR count). The Kier molecular flexibility index (Phi) is 17.1. The highest BCUT2D eigenvalue weighted by Gasteiger charge is 2.15. The molecule has 0 spiro atoms. The number of benzene rings is 6. The zero-order chi connectivity index (χ0) is 44.9. The maximum absolute atomic E-state index is 11.0. The van der Waals surface area contributed by atoms with Gasteiger partial charge in [-0.15, -0.1) is 0 Å². The Morgan fingerprint density at radius 1 is 0.469 bits per heavy atom. The van der Waals surface area contributed by atoms with Crippen LogP contribution >= 0.6 is 0 Å². The first-order valence-electron chi connectivity index (χ1n) is 21.9. The topological polar surface area (TPSA) is 123 Å². The van der Waals surface area contributed by atoms with Crippen molar-refractivity contribution in [1.82, 2.24) is 19.6 Å². The lowest BCUT2D eigenvalue weighted by molar-refractivity contribution is 0.111. The molecule has 0 aliphatic heterocycles. The molecule has 0 amide bonds. The summed E-state index contributed by atoms with van der Waals surface area (Å²) in [5, 5.41) is 9.21. The van der Waals surface area contributed by atoms with Crippen molar-refractivity contribution in [2.75, 3.05) is 5.73 Å². The number of carbonyl (C=O) groups excluding carboxylic acids is 1. The van der Waals surface area contributed by atoms with E-state index in [0.29, 0.717) is 29.4 Å².